The summed E-state index contributed by atoms with van der Waals surface area (Å²) in [4.78, 5) is 12.6. The molecule has 0 atom stereocenters. The maximum absolute atomic E-state index is 12.6. The van der Waals surface area contributed by atoms with Crippen molar-refractivity contribution in [3.05, 3.63) is 83.6 Å². The van der Waals surface area contributed by atoms with Gasteiger partial charge in [0, 0.05) is 39.4 Å². The van der Waals surface area contributed by atoms with Crippen molar-refractivity contribution < 1.29 is 18.7 Å². The van der Waals surface area contributed by atoms with E-state index in [4.69, 9.17) is 25.5 Å². The second kappa shape index (κ2) is 9.20. The number of carbonyl (C=O) groups is 1. The number of anilines is 1. The molecule has 1 N–H and O–H groups in total. The van der Waals surface area contributed by atoms with Crippen LogP contribution in [0.1, 0.15) is 12.5 Å². The Bertz CT molecular complexity index is 1310. The number of amides is 1. The molecule has 0 aliphatic heterocycles. The van der Waals surface area contributed by atoms with E-state index in [9.17, 15) is 4.79 Å². The molecule has 0 spiro atoms. The van der Waals surface area contributed by atoms with Crippen molar-refractivity contribution in [3.8, 4) is 22.6 Å². The van der Waals surface area contributed by atoms with E-state index in [1.165, 1.54) is 6.08 Å². The number of fused-ring (bicyclic) bond motifs is 1. The normalized spacial score (nSPS) is 11.4. The maximum Gasteiger partial charge on any atom is 0.248 e. The Morgan fingerprint density at radius 1 is 1.03 bits per heavy atom. The van der Waals surface area contributed by atoms with E-state index in [1.54, 1.807) is 44.7 Å². The van der Waals surface area contributed by atoms with Crippen molar-refractivity contribution in [2.45, 2.75) is 6.92 Å². The molecule has 0 saturated heterocycles. The van der Waals surface area contributed by atoms with E-state index in [1.807, 2.05) is 43.3 Å². The summed E-state index contributed by atoms with van der Waals surface area (Å²) in [6, 6.07) is 18.6. The monoisotopic (exact) mass is 447 g/mol. The third kappa shape index (κ3) is 4.48. The minimum Gasteiger partial charge on any atom is -0.497 e. The highest BCUT2D eigenvalue weighted by molar-refractivity contribution is 6.31. The number of hydrogen-bond donors (Lipinski definition) is 1. The second-order valence-electron chi connectivity index (χ2n) is 7.25. The highest BCUT2D eigenvalue weighted by Gasteiger charge is 2.15. The van der Waals surface area contributed by atoms with Gasteiger partial charge in [-0.15, -0.1) is 0 Å². The van der Waals surface area contributed by atoms with Crippen LogP contribution >= 0.6 is 11.6 Å². The summed E-state index contributed by atoms with van der Waals surface area (Å²) in [5, 5.41) is 4.31. The Hall–Kier alpha value is -3.70. The predicted octanol–water partition coefficient (Wildman–Crippen LogP) is 6.81. The molecule has 1 amide bonds. The quantitative estimate of drug-likeness (QED) is 0.330. The van der Waals surface area contributed by atoms with Crippen molar-refractivity contribution in [1.29, 1.82) is 0 Å². The highest BCUT2D eigenvalue weighted by atomic mass is 35.5. The first-order chi connectivity index (χ1) is 15.5. The second-order valence-corrected chi connectivity index (χ2v) is 7.69. The number of nitrogens with one attached hydrogen (secondary N) is 1. The van der Waals surface area contributed by atoms with Gasteiger partial charge in [0.05, 0.1) is 20.5 Å². The molecule has 1 heterocycles. The molecule has 4 aromatic rings. The van der Waals surface area contributed by atoms with Crippen molar-refractivity contribution in [3.63, 3.8) is 0 Å². The third-order valence-corrected chi connectivity index (χ3v) is 5.40. The molecular formula is C26H22ClNO4. The molecule has 0 aliphatic carbocycles. The summed E-state index contributed by atoms with van der Waals surface area (Å²) in [5.41, 5.74) is 4.84. The molecule has 4 rings (SSSR count). The van der Waals surface area contributed by atoms with Crippen LogP contribution in [0.3, 0.4) is 0 Å². The van der Waals surface area contributed by atoms with Crippen molar-refractivity contribution in [2.75, 3.05) is 19.5 Å². The summed E-state index contributed by atoms with van der Waals surface area (Å²) in [6.07, 6.45) is 3.26. The standard InChI is InChI=1S/C26H22ClNO4/c1-16(11-26(29)28-19-6-4-5-18(27)12-19)21-13-22-23(15-32-25(22)14-24(21)31-3)17-7-9-20(30-2)10-8-17/h4-15H,1-3H3,(H,28,29)/b16-11+. The van der Waals surface area contributed by atoms with Gasteiger partial charge >= 0.3 is 0 Å². The molecule has 0 saturated carbocycles. The lowest BCUT2D eigenvalue weighted by molar-refractivity contribution is -0.111. The van der Waals surface area contributed by atoms with Gasteiger partial charge in [0.1, 0.15) is 17.1 Å². The summed E-state index contributed by atoms with van der Waals surface area (Å²) >= 11 is 6.00. The Morgan fingerprint density at radius 2 is 1.81 bits per heavy atom. The molecule has 0 fully saturated rings. The van der Waals surface area contributed by atoms with Crippen LogP contribution in [0.15, 0.2) is 77.4 Å². The number of hydrogen-bond acceptors (Lipinski definition) is 4. The van der Waals surface area contributed by atoms with Gasteiger partial charge in [0.15, 0.2) is 0 Å². The zero-order valence-corrected chi connectivity index (χ0v) is 18.7. The molecule has 0 unspecified atom stereocenters. The van der Waals surface area contributed by atoms with Gasteiger partial charge in [0.25, 0.3) is 0 Å². The van der Waals surface area contributed by atoms with E-state index in [2.05, 4.69) is 5.32 Å². The van der Waals surface area contributed by atoms with Gasteiger partial charge in [-0.25, -0.2) is 0 Å². The number of furan rings is 1. The fourth-order valence-electron chi connectivity index (χ4n) is 3.55. The van der Waals surface area contributed by atoms with Crippen LogP contribution in [-0.4, -0.2) is 20.1 Å². The highest BCUT2D eigenvalue weighted by Crippen LogP contribution is 2.37. The van der Waals surface area contributed by atoms with Gasteiger partial charge in [-0.1, -0.05) is 29.8 Å². The number of allylic oxidation sites excluding steroid dienone is 1. The Morgan fingerprint density at radius 3 is 2.50 bits per heavy atom. The third-order valence-electron chi connectivity index (χ3n) is 5.16. The molecule has 3 aromatic carbocycles. The van der Waals surface area contributed by atoms with Crippen LogP contribution in [0.5, 0.6) is 11.5 Å². The van der Waals surface area contributed by atoms with Gasteiger partial charge in [-0.05, 0) is 54.5 Å². The average Bonchev–Trinajstić information content (AvgIpc) is 3.21. The Labute approximate surface area is 191 Å². The van der Waals surface area contributed by atoms with Gasteiger partial charge in [-0.3, -0.25) is 4.79 Å². The van der Waals surface area contributed by atoms with Crippen molar-refractivity contribution in [2.24, 2.45) is 0 Å². The van der Waals surface area contributed by atoms with Crippen LogP contribution in [-0.2, 0) is 4.79 Å². The van der Waals surface area contributed by atoms with E-state index in [0.29, 0.717) is 22.0 Å². The van der Waals surface area contributed by atoms with Crippen molar-refractivity contribution in [1.82, 2.24) is 0 Å². The van der Waals surface area contributed by atoms with E-state index in [-0.39, 0.29) is 5.91 Å². The number of ether oxygens (including phenoxy) is 2. The first-order valence-electron chi connectivity index (χ1n) is 9.97. The first kappa shape index (κ1) is 21.5. The largest absolute Gasteiger partial charge is 0.497 e. The summed E-state index contributed by atoms with van der Waals surface area (Å²) in [6.45, 7) is 1.87. The van der Waals surface area contributed by atoms with Crippen LogP contribution in [0.2, 0.25) is 5.02 Å². The summed E-state index contributed by atoms with van der Waals surface area (Å²) < 4.78 is 16.6. The number of halogens is 1. The fourth-order valence-corrected chi connectivity index (χ4v) is 3.74. The minimum absolute atomic E-state index is 0.255. The van der Waals surface area contributed by atoms with E-state index in [0.717, 1.165) is 33.4 Å². The molecular weight excluding hydrogens is 426 g/mol. The molecule has 0 radical (unpaired) electrons. The maximum atomic E-state index is 12.6. The number of carbonyl (C=O) groups excluding carboxylic acids is 1. The molecule has 5 nitrogen and oxygen atoms in total. The lowest BCUT2D eigenvalue weighted by Crippen LogP contribution is -2.08. The molecule has 0 aliphatic rings. The lowest BCUT2D eigenvalue weighted by atomic mass is 9.99. The molecule has 0 bridgehead atoms. The Kier molecular flexibility index (Phi) is 6.19. The average molecular weight is 448 g/mol. The van der Waals surface area contributed by atoms with E-state index < -0.39 is 0 Å². The van der Waals surface area contributed by atoms with E-state index >= 15 is 0 Å². The fraction of sp³-hybridized carbons (Fsp3) is 0.115. The Balaban J connectivity index is 1.70. The van der Waals surface area contributed by atoms with Gasteiger partial charge in [0.2, 0.25) is 5.91 Å². The van der Waals surface area contributed by atoms with Crippen LogP contribution in [0.25, 0.3) is 27.7 Å². The minimum atomic E-state index is -0.255. The van der Waals surface area contributed by atoms with Gasteiger partial charge in [-0.2, -0.15) is 0 Å². The van der Waals surface area contributed by atoms with Crippen molar-refractivity contribution >= 4 is 39.7 Å². The molecule has 162 valence electrons. The summed E-state index contributed by atoms with van der Waals surface area (Å²) in [7, 11) is 3.23. The molecule has 6 heteroatoms. The lowest BCUT2D eigenvalue weighted by Gasteiger charge is -2.10. The first-order valence-corrected chi connectivity index (χ1v) is 10.3. The van der Waals surface area contributed by atoms with Crippen LogP contribution in [0.4, 0.5) is 5.69 Å². The predicted molar refractivity (Wildman–Crippen MR) is 128 cm³/mol. The van der Waals surface area contributed by atoms with Crippen LogP contribution in [0, 0.1) is 0 Å². The zero-order chi connectivity index (χ0) is 22.7. The smallest absolute Gasteiger partial charge is 0.248 e. The number of benzene rings is 3. The van der Waals surface area contributed by atoms with Crippen LogP contribution < -0.4 is 14.8 Å². The molecule has 32 heavy (non-hydrogen) atoms. The zero-order valence-electron chi connectivity index (χ0n) is 17.9. The number of rotatable bonds is 6. The van der Waals surface area contributed by atoms with Gasteiger partial charge < -0.3 is 19.2 Å². The molecule has 1 aromatic heterocycles. The SMILES string of the molecule is COc1ccc(-c2coc3cc(OC)c(/C(C)=C/C(=O)Nc4cccc(Cl)c4)cc23)cc1. The summed E-state index contributed by atoms with van der Waals surface area (Å²) in [5.74, 6) is 1.15. The number of methoxy groups -OCH3 is 2. The topological polar surface area (TPSA) is 60.7 Å².